The molecular formula is C24H21N3OS. The first-order valence-corrected chi connectivity index (χ1v) is 10.6. The van der Waals surface area contributed by atoms with Gasteiger partial charge in [-0.1, -0.05) is 36.4 Å². The topological polar surface area (TPSA) is 60.2 Å². The first kappa shape index (κ1) is 17.8. The molecule has 2 aromatic heterocycles. The molecule has 0 aliphatic carbocycles. The van der Waals surface area contributed by atoms with Crippen molar-refractivity contribution in [3.05, 3.63) is 84.0 Å². The number of hydrogen-bond donors (Lipinski definition) is 2. The minimum Gasteiger partial charge on any atom is -0.457 e. The second-order valence-electron chi connectivity index (χ2n) is 7.10. The van der Waals surface area contributed by atoms with Crippen LogP contribution < -0.4 is 15.8 Å². The van der Waals surface area contributed by atoms with Crippen LogP contribution in [0, 0.1) is 0 Å². The average molecular weight is 400 g/mol. The molecule has 29 heavy (non-hydrogen) atoms. The van der Waals surface area contributed by atoms with E-state index < -0.39 is 0 Å². The molecule has 0 bridgehead atoms. The van der Waals surface area contributed by atoms with Crippen molar-refractivity contribution in [1.82, 2.24) is 10.3 Å². The number of allylic oxidation sites excluding steroid dienone is 1. The SMILES string of the molecule is Nc1ncc(C2C=CNCC2)c2scc(-c3ccc(Oc4ccccc4)cc3)c12. The molecule has 0 spiro atoms. The van der Waals surface area contributed by atoms with Gasteiger partial charge >= 0.3 is 0 Å². The van der Waals surface area contributed by atoms with Crippen LogP contribution in [0.25, 0.3) is 21.2 Å². The van der Waals surface area contributed by atoms with E-state index in [1.165, 1.54) is 10.3 Å². The third-order valence-electron chi connectivity index (χ3n) is 5.24. The molecular weight excluding hydrogens is 378 g/mol. The highest BCUT2D eigenvalue weighted by Crippen LogP contribution is 2.42. The van der Waals surface area contributed by atoms with Gasteiger partial charge in [0.2, 0.25) is 0 Å². The molecule has 5 rings (SSSR count). The summed E-state index contributed by atoms with van der Waals surface area (Å²) in [6.45, 7) is 0.980. The zero-order valence-corrected chi connectivity index (χ0v) is 16.7. The summed E-state index contributed by atoms with van der Waals surface area (Å²) in [5.74, 6) is 2.60. The number of hydrogen-bond acceptors (Lipinski definition) is 5. The lowest BCUT2D eigenvalue weighted by atomic mass is 9.93. The van der Waals surface area contributed by atoms with Crippen LogP contribution in [0.5, 0.6) is 11.5 Å². The van der Waals surface area contributed by atoms with Gasteiger partial charge in [-0.25, -0.2) is 4.98 Å². The minimum absolute atomic E-state index is 0.375. The van der Waals surface area contributed by atoms with Crippen LogP contribution in [-0.2, 0) is 0 Å². The van der Waals surface area contributed by atoms with Gasteiger partial charge in [-0.05, 0) is 53.4 Å². The highest BCUT2D eigenvalue weighted by Gasteiger charge is 2.19. The Morgan fingerprint density at radius 2 is 1.83 bits per heavy atom. The maximum absolute atomic E-state index is 6.31. The number of pyridine rings is 1. The Bertz CT molecular complexity index is 1170. The Morgan fingerprint density at radius 1 is 1.03 bits per heavy atom. The molecule has 0 amide bonds. The van der Waals surface area contributed by atoms with Crippen LogP contribution in [-0.4, -0.2) is 11.5 Å². The van der Waals surface area contributed by atoms with Gasteiger partial charge in [-0.3, -0.25) is 0 Å². The molecule has 1 aliphatic rings. The number of nitrogen functional groups attached to an aromatic ring is 1. The van der Waals surface area contributed by atoms with Gasteiger partial charge in [0, 0.05) is 34.3 Å². The standard InChI is InChI=1S/C24H21N3OS/c25-24-22-21(15-29-23(22)20(14-27-24)17-10-12-26-13-11-17)16-6-8-19(9-7-16)28-18-4-2-1-3-5-18/h1-10,12,14-15,17,26H,11,13H2,(H2,25,27). The molecule has 144 valence electrons. The number of nitrogens with one attached hydrogen (secondary N) is 1. The minimum atomic E-state index is 0.375. The van der Waals surface area contributed by atoms with E-state index in [2.05, 4.69) is 33.9 Å². The number of thiophene rings is 1. The lowest BCUT2D eigenvalue weighted by molar-refractivity contribution is 0.483. The van der Waals surface area contributed by atoms with Crippen molar-refractivity contribution in [3.8, 4) is 22.6 Å². The molecule has 0 saturated heterocycles. The Balaban J connectivity index is 1.50. The van der Waals surface area contributed by atoms with Crippen LogP contribution in [0.3, 0.4) is 0 Å². The smallest absolute Gasteiger partial charge is 0.132 e. The highest BCUT2D eigenvalue weighted by atomic mass is 32.1. The van der Waals surface area contributed by atoms with Crippen molar-refractivity contribution in [2.24, 2.45) is 0 Å². The van der Waals surface area contributed by atoms with E-state index in [4.69, 9.17) is 10.5 Å². The van der Waals surface area contributed by atoms with Crippen LogP contribution in [0.2, 0.25) is 0 Å². The molecule has 0 radical (unpaired) electrons. The van der Waals surface area contributed by atoms with Crippen molar-refractivity contribution in [2.75, 3.05) is 12.3 Å². The summed E-state index contributed by atoms with van der Waals surface area (Å²) in [6.07, 6.45) is 7.26. The summed E-state index contributed by atoms with van der Waals surface area (Å²) >= 11 is 1.74. The van der Waals surface area contributed by atoms with Crippen molar-refractivity contribution in [2.45, 2.75) is 12.3 Å². The quantitative estimate of drug-likeness (QED) is 0.447. The third kappa shape index (κ3) is 3.45. The van der Waals surface area contributed by atoms with E-state index in [-0.39, 0.29) is 0 Å². The lowest BCUT2D eigenvalue weighted by Crippen LogP contribution is -2.16. The molecule has 1 atom stereocenters. The van der Waals surface area contributed by atoms with Crippen LogP contribution in [0.15, 0.2) is 78.5 Å². The molecule has 1 unspecified atom stereocenters. The zero-order valence-electron chi connectivity index (χ0n) is 15.8. The Labute approximate surface area is 173 Å². The van der Waals surface area contributed by atoms with Crippen molar-refractivity contribution >= 4 is 27.2 Å². The van der Waals surface area contributed by atoms with E-state index in [1.807, 2.05) is 54.9 Å². The van der Waals surface area contributed by atoms with E-state index in [0.29, 0.717) is 11.7 Å². The average Bonchev–Trinajstić information content (AvgIpc) is 3.22. The van der Waals surface area contributed by atoms with Gasteiger partial charge in [0.15, 0.2) is 0 Å². The number of ether oxygens (including phenoxy) is 1. The molecule has 0 fully saturated rings. The van der Waals surface area contributed by atoms with E-state index in [0.717, 1.165) is 41.0 Å². The fourth-order valence-corrected chi connectivity index (χ4v) is 4.91. The summed E-state index contributed by atoms with van der Waals surface area (Å²) in [5.41, 5.74) is 9.81. The molecule has 4 aromatic rings. The second kappa shape index (κ2) is 7.60. The summed E-state index contributed by atoms with van der Waals surface area (Å²) in [7, 11) is 0. The zero-order chi connectivity index (χ0) is 19.6. The first-order valence-electron chi connectivity index (χ1n) is 9.68. The monoisotopic (exact) mass is 399 g/mol. The molecule has 3 N–H and O–H groups in total. The van der Waals surface area contributed by atoms with Gasteiger partial charge in [0.1, 0.15) is 17.3 Å². The maximum Gasteiger partial charge on any atom is 0.132 e. The summed E-state index contributed by atoms with van der Waals surface area (Å²) in [4.78, 5) is 4.52. The number of rotatable bonds is 4. The largest absolute Gasteiger partial charge is 0.457 e. The van der Waals surface area contributed by atoms with Gasteiger partial charge in [-0.15, -0.1) is 11.3 Å². The number of para-hydroxylation sites is 1. The highest BCUT2D eigenvalue weighted by molar-refractivity contribution is 7.18. The number of anilines is 1. The normalized spacial score (nSPS) is 15.9. The molecule has 4 nitrogen and oxygen atoms in total. The first-order chi connectivity index (χ1) is 14.3. The van der Waals surface area contributed by atoms with Crippen molar-refractivity contribution < 1.29 is 4.74 Å². The fraction of sp³-hybridized carbons (Fsp3) is 0.125. The molecule has 1 aliphatic heterocycles. The number of fused-ring (bicyclic) bond motifs is 1. The Kier molecular flexibility index (Phi) is 4.66. The van der Waals surface area contributed by atoms with E-state index in [9.17, 15) is 0 Å². The summed E-state index contributed by atoms with van der Waals surface area (Å²) in [5, 5.41) is 6.50. The van der Waals surface area contributed by atoms with E-state index in [1.54, 1.807) is 11.3 Å². The predicted octanol–water partition coefficient (Wildman–Crippen LogP) is 5.93. The summed E-state index contributed by atoms with van der Waals surface area (Å²) < 4.78 is 7.14. The van der Waals surface area contributed by atoms with Crippen LogP contribution in [0.4, 0.5) is 5.82 Å². The molecule has 3 heterocycles. The number of aromatic nitrogens is 1. The number of nitrogens with two attached hydrogens (primary N) is 1. The van der Waals surface area contributed by atoms with Gasteiger partial charge in [-0.2, -0.15) is 0 Å². The number of nitrogens with zero attached hydrogens (tertiary/aromatic N) is 1. The molecule has 5 heteroatoms. The Hall–Kier alpha value is -3.31. The fourth-order valence-electron chi connectivity index (χ4n) is 3.75. The van der Waals surface area contributed by atoms with Crippen molar-refractivity contribution in [3.63, 3.8) is 0 Å². The van der Waals surface area contributed by atoms with Crippen LogP contribution in [0.1, 0.15) is 17.9 Å². The van der Waals surface area contributed by atoms with Gasteiger partial charge in [0.05, 0.1) is 0 Å². The maximum atomic E-state index is 6.31. The van der Waals surface area contributed by atoms with E-state index >= 15 is 0 Å². The van der Waals surface area contributed by atoms with Crippen molar-refractivity contribution in [1.29, 1.82) is 0 Å². The number of benzene rings is 2. The predicted molar refractivity (Wildman–Crippen MR) is 120 cm³/mol. The second-order valence-corrected chi connectivity index (χ2v) is 7.98. The third-order valence-corrected chi connectivity index (χ3v) is 6.27. The van der Waals surface area contributed by atoms with Gasteiger partial charge in [0.25, 0.3) is 0 Å². The summed E-state index contributed by atoms with van der Waals surface area (Å²) in [6, 6.07) is 17.9. The van der Waals surface area contributed by atoms with Crippen LogP contribution >= 0.6 is 11.3 Å². The lowest BCUT2D eigenvalue weighted by Gasteiger charge is -2.18. The molecule has 2 aromatic carbocycles. The van der Waals surface area contributed by atoms with Gasteiger partial charge < -0.3 is 15.8 Å². The Morgan fingerprint density at radius 3 is 2.59 bits per heavy atom. The molecule has 0 saturated carbocycles.